The van der Waals surface area contributed by atoms with Gasteiger partial charge in [0.1, 0.15) is 28.5 Å². The first-order chi connectivity index (χ1) is 17.1. The number of alkyl halides is 2. The van der Waals surface area contributed by atoms with Crippen LogP contribution in [0.15, 0.2) is 36.7 Å². The van der Waals surface area contributed by atoms with Crippen LogP contribution in [-0.2, 0) is 14.3 Å². The number of hydrogen-bond acceptors (Lipinski definition) is 8. The number of rotatable bonds is 12. The molecule has 1 amide bonds. The third kappa shape index (κ3) is 6.40. The van der Waals surface area contributed by atoms with E-state index in [0.717, 1.165) is 19.1 Å². The molecule has 13 heteroatoms. The monoisotopic (exact) mass is 525 g/mol. The highest BCUT2D eigenvalue weighted by atomic mass is 32.2. The second kappa shape index (κ2) is 10.7. The molecule has 1 saturated carbocycles. The minimum atomic E-state index is -3.50. The van der Waals surface area contributed by atoms with Gasteiger partial charge in [0.15, 0.2) is 0 Å². The highest BCUT2D eigenvalue weighted by Gasteiger charge is 2.29. The first kappa shape index (κ1) is 25.6. The Labute approximate surface area is 206 Å². The number of nitrogens with one attached hydrogen (secondary N) is 1. The normalized spacial score (nSPS) is 13.7. The molecule has 0 saturated heterocycles. The molecule has 194 valence electrons. The van der Waals surface area contributed by atoms with E-state index in [0.29, 0.717) is 29.1 Å². The molecule has 0 spiro atoms. The van der Waals surface area contributed by atoms with Crippen LogP contribution < -0.4 is 19.5 Å². The van der Waals surface area contributed by atoms with Gasteiger partial charge in [0, 0.05) is 30.3 Å². The molecule has 4 rings (SSSR count). The molecule has 0 atom stereocenters. The Morgan fingerprint density at radius 2 is 1.97 bits per heavy atom. The molecule has 0 aliphatic heterocycles. The average Bonchev–Trinajstić information content (AvgIpc) is 3.52. The standard InChI is InChI=1S/C23H25F2N3O7S/c1-32-18-10-14(11-19(35-23(24)25)21(18)22(29)27-15-4-5-15)17-13-26-20-12-16(6-7-28(17)20)33-8-3-9-34-36(2,30)31/h6-7,10-13,15,23H,3-5,8-9H2,1-2H3,(H,27,29). The van der Waals surface area contributed by atoms with Crippen molar-refractivity contribution in [1.82, 2.24) is 14.7 Å². The number of methoxy groups -OCH3 is 1. The van der Waals surface area contributed by atoms with Crippen LogP contribution in [-0.4, -0.2) is 62.9 Å². The van der Waals surface area contributed by atoms with E-state index in [1.807, 2.05) is 0 Å². The van der Waals surface area contributed by atoms with Crippen molar-refractivity contribution in [3.05, 3.63) is 42.2 Å². The van der Waals surface area contributed by atoms with Crippen LogP contribution in [0.3, 0.4) is 0 Å². The Morgan fingerprint density at radius 3 is 2.64 bits per heavy atom. The van der Waals surface area contributed by atoms with Crippen molar-refractivity contribution in [2.75, 3.05) is 26.6 Å². The first-order valence-corrected chi connectivity index (χ1v) is 12.9. The molecule has 1 fully saturated rings. The molecule has 0 bridgehead atoms. The topological polar surface area (TPSA) is 117 Å². The number of ether oxygens (including phenoxy) is 3. The van der Waals surface area contributed by atoms with Crippen LogP contribution in [0.5, 0.6) is 17.2 Å². The summed E-state index contributed by atoms with van der Waals surface area (Å²) in [5.41, 5.74) is 1.41. The third-order valence-corrected chi connectivity index (χ3v) is 5.87. The fraction of sp³-hybridized carbons (Fsp3) is 0.391. The predicted molar refractivity (Wildman–Crippen MR) is 125 cm³/mol. The maximum absolute atomic E-state index is 13.2. The van der Waals surface area contributed by atoms with Crippen LogP contribution >= 0.6 is 0 Å². The molecule has 3 aromatic rings. The van der Waals surface area contributed by atoms with Gasteiger partial charge in [-0.3, -0.25) is 13.4 Å². The summed E-state index contributed by atoms with van der Waals surface area (Å²) in [6.07, 6.45) is 6.24. The number of nitrogens with zero attached hydrogens (tertiary/aromatic N) is 2. The lowest BCUT2D eigenvalue weighted by molar-refractivity contribution is -0.0502. The zero-order chi connectivity index (χ0) is 25.9. The molecule has 1 aliphatic carbocycles. The molecular weight excluding hydrogens is 500 g/mol. The van der Waals surface area contributed by atoms with Gasteiger partial charge in [0.05, 0.1) is 38.5 Å². The van der Waals surface area contributed by atoms with Crippen molar-refractivity contribution < 1.29 is 40.4 Å². The first-order valence-electron chi connectivity index (χ1n) is 11.1. The van der Waals surface area contributed by atoms with E-state index in [4.69, 9.17) is 14.2 Å². The van der Waals surface area contributed by atoms with Gasteiger partial charge >= 0.3 is 6.61 Å². The molecule has 36 heavy (non-hydrogen) atoms. The van der Waals surface area contributed by atoms with E-state index >= 15 is 0 Å². The number of carbonyl (C=O) groups excluding carboxylic acids is 1. The lowest BCUT2D eigenvalue weighted by Gasteiger charge is -2.16. The second-order valence-electron chi connectivity index (χ2n) is 8.14. The Morgan fingerprint density at radius 1 is 1.22 bits per heavy atom. The summed E-state index contributed by atoms with van der Waals surface area (Å²) in [7, 11) is -2.15. The number of pyridine rings is 1. The Balaban J connectivity index is 1.58. The summed E-state index contributed by atoms with van der Waals surface area (Å²) in [6.45, 7) is -2.90. The van der Waals surface area contributed by atoms with Crippen molar-refractivity contribution in [1.29, 1.82) is 0 Å². The number of aromatic nitrogens is 2. The molecular formula is C23H25F2N3O7S. The van der Waals surface area contributed by atoms with Crippen LogP contribution in [0.4, 0.5) is 8.78 Å². The summed E-state index contributed by atoms with van der Waals surface area (Å²) in [5, 5.41) is 2.77. The molecule has 0 radical (unpaired) electrons. The number of carbonyl (C=O) groups is 1. The molecule has 1 aromatic carbocycles. The highest BCUT2D eigenvalue weighted by molar-refractivity contribution is 7.85. The van der Waals surface area contributed by atoms with E-state index in [-0.39, 0.29) is 36.3 Å². The fourth-order valence-electron chi connectivity index (χ4n) is 3.52. The van der Waals surface area contributed by atoms with Crippen molar-refractivity contribution in [2.24, 2.45) is 0 Å². The highest BCUT2D eigenvalue weighted by Crippen LogP contribution is 2.37. The smallest absolute Gasteiger partial charge is 0.387 e. The van der Waals surface area contributed by atoms with Crippen molar-refractivity contribution in [3.63, 3.8) is 0 Å². The van der Waals surface area contributed by atoms with Gasteiger partial charge in [0.25, 0.3) is 16.0 Å². The van der Waals surface area contributed by atoms with Crippen LogP contribution in [0.1, 0.15) is 29.6 Å². The van der Waals surface area contributed by atoms with Crippen molar-refractivity contribution >= 4 is 21.7 Å². The van der Waals surface area contributed by atoms with Gasteiger partial charge in [-0.1, -0.05) is 0 Å². The van der Waals surface area contributed by atoms with Gasteiger partial charge in [-0.15, -0.1) is 0 Å². The summed E-state index contributed by atoms with van der Waals surface area (Å²) >= 11 is 0. The minimum absolute atomic E-state index is 0.00807. The minimum Gasteiger partial charge on any atom is -0.496 e. The van der Waals surface area contributed by atoms with Gasteiger partial charge in [0.2, 0.25) is 0 Å². The van der Waals surface area contributed by atoms with Gasteiger partial charge in [-0.25, -0.2) is 4.98 Å². The number of hydrogen-bond donors (Lipinski definition) is 1. The zero-order valence-electron chi connectivity index (χ0n) is 19.6. The van der Waals surface area contributed by atoms with Gasteiger partial charge in [-0.2, -0.15) is 17.2 Å². The van der Waals surface area contributed by atoms with E-state index in [1.165, 1.54) is 13.2 Å². The molecule has 1 aliphatic rings. The van der Waals surface area contributed by atoms with Crippen LogP contribution in [0.25, 0.3) is 16.9 Å². The van der Waals surface area contributed by atoms with Crippen LogP contribution in [0.2, 0.25) is 0 Å². The Bertz CT molecular complexity index is 1360. The molecule has 1 N–H and O–H groups in total. The average molecular weight is 526 g/mol. The number of amides is 1. The number of halogens is 2. The number of imidazole rings is 1. The lowest BCUT2D eigenvalue weighted by Crippen LogP contribution is -2.26. The molecule has 2 heterocycles. The maximum Gasteiger partial charge on any atom is 0.387 e. The Hall–Kier alpha value is -3.45. The Kier molecular flexibility index (Phi) is 7.59. The summed E-state index contributed by atoms with van der Waals surface area (Å²) in [5.74, 6) is -0.250. The largest absolute Gasteiger partial charge is 0.496 e. The number of benzene rings is 1. The SMILES string of the molecule is COc1cc(-c2cnc3cc(OCCCOS(C)(=O)=O)ccn23)cc(OC(F)F)c1C(=O)NC1CC1. The maximum atomic E-state index is 13.2. The molecule has 10 nitrogen and oxygen atoms in total. The van der Waals surface area contributed by atoms with Crippen molar-refractivity contribution in [2.45, 2.75) is 31.9 Å². The van der Waals surface area contributed by atoms with E-state index < -0.39 is 22.6 Å². The lowest BCUT2D eigenvalue weighted by atomic mass is 10.1. The van der Waals surface area contributed by atoms with Crippen LogP contribution in [0, 0.1) is 0 Å². The van der Waals surface area contributed by atoms with E-state index in [9.17, 15) is 22.0 Å². The fourth-order valence-corrected chi connectivity index (χ4v) is 3.94. The summed E-state index contributed by atoms with van der Waals surface area (Å²) < 4.78 is 70.4. The summed E-state index contributed by atoms with van der Waals surface area (Å²) in [6, 6.07) is 6.29. The summed E-state index contributed by atoms with van der Waals surface area (Å²) in [4.78, 5) is 17.1. The predicted octanol–water partition coefficient (Wildman–Crippen LogP) is 3.25. The number of fused-ring (bicyclic) bond motifs is 1. The molecule has 0 unspecified atom stereocenters. The quantitative estimate of drug-likeness (QED) is 0.283. The zero-order valence-corrected chi connectivity index (χ0v) is 20.4. The second-order valence-corrected chi connectivity index (χ2v) is 9.78. The molecule has 2 aromatic heterocycles. The van der Waals surface area contributed by atoms with Gasteiger partial charge in [-0.05, 0) is 31.0 Å². The van der Waals surface area contributed by atoms with E-state index in [2.05, 4.69) is 14.5 Å². The van der Waals surface area contributed by atoms with Gasteiger partial charge < -0.3 is 19.5 Å². The van der Waals surface area contributed by atoms with E-state index in [1.54, 1.807) is 35.0 Å². The third-order valence-electron chi connectivity index (χ3n) is 5.28. The van der Waals surface area contributed by atoms with Crippen molar-refractivity contribution in [3.8, 4) is 28.5 Å².